The van der Waals surface area contributed by atoms with E-state index in [1.54, 1.807) is 10.9 Å². The van der Waals surface area contributed by atoms with E-state index in [-0.39, 0.29) is 5.56 Å². The summed E-state index contributed by atoms with van der Waals surface area (Å²) in [6, 6.07) is 22.4. The Morgan fingerprint density at radius 3 is 2.35 bits per heavy atom. The van der Waals surface area contributed by atoms with E-state index in [0.29, 0.717) is 11.6 Å². The Hall–Kier alpha value is -3.60. The van der Waals surface area contributed by atoms with Crippen LogP contribution in [0.5, 0.6) is 0 Å². The van der Waals surface area contributed by atoms with E-state index in [2.05, 4.69) is 47.7 Å². The minimum atomic E-state index is -0.121. The third kappa shape index (κ3) is 4.17. The van der Waals surface area contributed by atoms with E-state index >= 15 is 0 Å². The monoisotopic (exact) mass is 412 g/mol. The molecule has 0 unspecified atom stereocenters. The average molecular weight is 413 g/mol. The highest BCUT2D eigenvalue weighted by Gasteiger charge is 2.15. The molecule has 0 radical (unpaired) electrons. The van der Waals surface area contributed by atoms with Crippen LogP contribution in [0.2, 0.25) is 0 Å². The van der Waals surface area contributed by atoms with Crippen LogP contribution in [0.1, 0.15) is 42.3 Å². The standard InChI is InChI=1S/C26H28N4O/c1-19(2)22-14-12-21(13-15-22)18-29-16-8-11-24(29)17-27-25-20(3)28(4)30(26(25)31)23-9-6-5-7-10-23/h5-17,19H,18H2,1-4H3. The van der Waals surface area contributed by atoms with Gasteiger partial charge in [-0.2, -0.15) is 0 Å². The summed E-state index contributed by atoms with van der Waals surface area (Å²) in [6.45, 7) is 7.08. The van der Waals surface area contributed by atoms with Crippen molar-refractivity contribution in [3.63, 3.8) is 0 Å². The van der Waals surface area contributed by atoms with Gasteiger partial charge in [0.2, 0.25) is 0 Å². The Morgan fingerprint density at radius 2 is 1.68 bits per heavy atom. The summed E-state index contributed by atoms with van der Waals surface area (Å²) in [6.07, 6.45) is 3.82. The second-order valence-corrected chi connectivity index (χ2v) is 8.13. The molecule has 0 aliphatic rings. The van der Waals surface area contributed by atoms with Crippen LogP contribution in [0.3, 0.4) is 0 Å². The van der Waals surface area contributed by atoms with Crippen molar-refractivity contribution in [3.8, 4) is 5.69 Å². The summed E-state index contributed by atoms with van der Waals surface area (Å²) in [5.41, 5.74) is 5.53. The summed E-state index contributed by atoms with van der Waals surface area (Å²) in [7, 11) is 1.88. The highest BCUT2D eigenvalue weighted by molar-refractivity contribution is 5.80. The Balaban J connectivity index is 1.61. The summed E-state index contributed by atoms with van der Waals surface area (Å²) >= 11 is 0. The third-order valence-corrected chi connectivity index (χ3v) is 5.71. The van der Waals surface area contributed by atoms with Crippen LogP contribution in [0.25, 0.3) is 5.69 Å². The average Bonchev–Trinajstić information content (AvgIpc) is 3.29. The molecule has 0 fully saturated rings. The molecule has 5 heteroatoms. The van der Waals surface area contributed by atoms with Gasteiger partial charge in [-0.25, -0.2) is 9.67 Å². The maximum absolute atomic E-state index is 13.1. The fourth-order valence-electron chi connectivity index (χ4n) is 3.73. The van der Waals surface area contributed by atoms with Crippen molar-refractivity contribution >= 4 is 11.9 Å². The molecule has 31 heavy (non-hydrogen) atoms. The SMILES string of the molecule is Cc1c(N=Cc2cccn2Cc2ccc(C(C)C)cc2)c(=O)n(-c2ccccc2)n1C. The molecule has 2 heterocycles. The number of hydrogen-bond acceptors (Lipinski definition) is 2. The third-order valence-electron chi connectivity index (χ3n) is 5.71. The topological polar surface area (TPSA) is 44.2 Å². The number of hydrogen-bond donors (Lipinski definition) is 0. The van der Waals surface area contributed by atoms with Crippen molar-refractivity contribution in [1.82, 2.24) is 13.9 Å². The zero-order valence-corrected chi connectivity index (χ0v) is 18.5. The molecule has 0 amide bonds. The highest BCUT2D eigenvalue weighted by atomic mass is 16.1. The van der Waals surface area contributed by atoms with Gasteiger partial charge in [-0.3, -0.25) is 9.48 Å². The van der Waals surface area contributed by atoms with E-state index in [1.165, 1.54) is 11.1 Å². The molecular weight excluding hydrogens is 384 g/mol. The normalized spacial score (nSPS) is 11.6. The number of benzene rings is 2. The van der Waals surface area contributed by atoms with Crippen LogP contribution in [0.15, 0.2) is 82.7 Å². The van der Waals surface area contributed by atoms with E-state index < -0.39 is 0 Å². The zero-order valence-electron chi connectivity index (χ0n) is 18.5. The molecule has 5 nitrogen and oxygen atoms in total. The van der Waals surface area contributed by atoms with Crippen molar-refractivity contribution in [2.75, 3.05) is 0 Å². The van der Waals surface area contributed by atoms with Crippen molar-refractivity contribution in [2.45, 2.75) is 33.2 Å². The highest BCUT2D eigenvalue weighted by Crippen LogP contribution is 2.18. The zero-order chi connectivity index (χ0) is 22.0. The second-order valence-electron chi connectivity index (χ2n) is 8.13. The number of rotatable bonds is 6. The van der Waals surface area contributed by atoms with Crippen LogP contribution in [0, 0.1) is 6.92 Å². The van der Waals surface area contributed by atoms with Gasteiger partial charge in [0.1, 0.15) is 0 Å². The summed E-state index contributed by atoms with van der Waals surface area (Å²) in [5.74, 6) is 0.525. The fraction of sp³-hybridized carbons (Fsp3) is 0.231. The number of aromatic nitrogens is 3. The molecule has 0 saturated heterocycles. The predicted octanol–water partition coefficient (Wildman–Crippen LogP) is 5.21. The fourth-order valence-corrected chi connectivity index (χ4v) is 3.73. The second kappa shape index (κ2) is 8.64. The molecule has 0 atom stereocenters. The van der Waals surface area contributed by atoms with Crippen LogP contribution < -0.4 is 5.56 Å². The van der Waals surface area contributed by atoms with Crippen LogP contribution in [0.4, 0.5) is 5.69 Å². The van der Waals surface area contributed by atoms with Crippen molar-refractivity contribution < 1.29 is 0 Å². The van der Waals surface area contributed by atoms with Gasteiger partial charge in [0, 0.05) is 19.8 Å². The number of nitrogens with zero attached hydrogens (tertiary/aromatic N) is 4. The van der Waals surface area contributed by atoms with Gasteiger partial charge in [0.05, 0.1) is 23.3 Å². The molecule has 0 bridgehead atoms. The largest absolute Gasteiger partial charge is 0.342 e. The molecule has 2 aromatic heterocycles. The van der Waals surface area contributed by atoms with Gasteiger partial charge < -0.3 is 4.57 Å². The van der Waals surface area contributed by atoms with Gasteiger partial charge >= 0.3 is 0 Å². The van der Waals surface area contributed by atoms with Gasteiger partial charge in [-0.1, -0.05) is 56.3 Å². The summed E-state index contributed by atoms with van der Waals surface area (Å²) in [5, 5.41) is 0. The molecule has 158 valence electrons. The Morgan fingerprint density at radius 1 is 0.968 bits per heavy atom. The van der Waals surface area contributed by atoms with Crippen LogP contribution in [-0.2, 0) is 13.6 Å². The van der Waals surface area contributed by atoms with Crippen molar-refractivity contribution in [2.24, 2.45) is 12.0 Å². The minimum absolute atomic E-state index is 0.121. The lowest BCUT2D eigenvalue weighted by atomic mass is 10.0. The Bertz CT molecular complexity index is 1260. The minimum Gasteiger partial charge on any atom is -0.342 e. The maximum atomic E-state index is 13.1. The van der Waals surface area contributed by atoms with E-state index in [9.17, 15) is 4.79 Å². The molecule has 0 aliphatic heterocycles. The molecule has 2 aromatic carbocycles. The lowest BCUT2D eigenvalue weighted by Crippen LogP contribution is -2.19. The first kappa shape index (κ1) is 20.7. The van der Waals surface area contributed by atoms with Crippen molar-refractivity contribution in [1.29, 1.82) is 0 Å². The summed E-state index contributed by atoms with van der Waals surface area (Å²) < 4.78 is 5.64. The Kier molecular flexibility index (Phi) is 5.76. The Labute approximate surface area is 182 Å². The molecule has 0 N–H and O–H groups in total. The van der Waals surface area contributed by atoms with Gasteiger partial charge in [0.15, 0.2) is 5.69 Å². The number of aliphatic imine (C=N–C) groups is 1. The molecular formula is C26H28N4O. The van der Waals surface area contributed by atoms with Crippen molar-refractivity contribution in [3.05, 3.63) is 106 Å². The molecule has 0 aliphatic carbocycles. The summed E-state index contributed by atoms with van der Waals surface area (Å²) in [4.78, 5) is 17.6. The lowest BCUT2D eigenvalue weighted by Gasteiger charge is -2.09. The first-order valence-electron chi connectivity index (χ1n) is 10.6. The maximum Gasteiger partial charge on any atom is 0.297 e. The van der Waals surface area contributed by atoms with Crippen LogP contribution in [-0.4, -0.2) is 20.1 Å². The van der Waals surface area contributed by atoms with E-state index in [0.717, 1.165) is 23.6 Å². The molecule has 4 aromatic rings. The molecule has 0 saturated carbocycles. The smallest absolute Gasteiger partial charge is 0.297 e. The number of para-hydroxylation sites is 1. The van der Waals surface area contributed by atoms with Gasteiger partial charge in [-0.05, 0) is 48.2 Å². The first-order valence-corrected chi connectivity index (χ1v) is 10.6. The van der Waals surface area contributed by atoms with Gasteiger partial charge in [0.25, 0.3) is 5.56 Å². The lowest BCUT2D eigenvalue weighted by molar-refractivity contribution is 0.630. The predicted molar refractivity (Wildman–Crippen MR) is 127 cm³/mol. The van der Waals surface area contributed by atoms with E-state index in [4.69, 9.17) is 0 Å². The van der Waals surface area contributed by atoms with Crippen LogP contribution >= 0.6 is 0 Å². The van der Waals surface area contributed by atoms with Gasteiger partial charge in [-0.15, -0.1) is 0 Å². The first-order chi connectivity index (χ1) is 15.0. The quantitative estimate of drug-likeness (QED) is 0.401. The van der Waals surface area contributed by atoms with E-state index in [1.807, 2.05) is 67.3 Å². The molecule has 0 spiro atoms. The molecule has 4 rings (SSSR count).